The highest BCUT2D eigenvalue weighted by molar-refractivity contribution is 5.75. The van der Waals surface area contributed by atoms with E-state index >= 15 is 0 Å². The minimum atomic E-state index is -2.80. The Hall–Kier alpha value is -2.22. The zero-order chi connectivity index (χ0) is 24.5. The normalized spacial score (nSPS) is 27.2. The van der Waals surface area contributed by atoms with E-state index in [9.17, 15) is 13.9 Å². The second-order valence-corrected chi connectivity index (χ2v) is 10.1. The van der Waals surface area contributed by atoms with Crippen molar-refractivity contribution in [2.75, 3.05) is 31.9 Å². The van der Waals surface area contributed by atoms with E-state index in [1.165, 1.54) is 0 Å². The summed E-state index contributed by atoms with van der Waals surface area (Å²) in [5.41, 5.74) is 17.1. The quantitative estimate of drug-likeness (QED) is 0.576. The van der Waals surface area contributed by atoms with Gasteiger partial charge in [0.15, 0.2) is 0 Å². The number of alkyl halides is 2. The zero-order valence-electron chi connectivity index (χ0n) is 20.3. The van der Waals surface area contributed by atoms with Gasteiger partial charge in [-0.3, -0.25) is 4.90 Å². The van der Waals surface area contributed by atoms with Crippen molar-refractivity contribution in [3.8, 4) is 0 Å². The number of nitrogens with zero attached hydrogens (tertiary/aromatic N) is 2. The van der Waals surface area contributed by atoms with Gasteiger partial charge in [0.1, 0.15) is 0 Å². The van der Waals surface area contributed by atoms with E-state index in [2.05, 4.69) is 28.9 Å². The first-order chi connectivity index (χ1) is 16.2. The van der Waals surface area contributed by atoms with Gasteiger partial charge in [-0.1, -0.05) is 23.8 Å². The van der Waals surface area contributed by atoms with Crippen molar-refractivity contribution in [2.45, 2.75) is 70.1 Å². The van der Waals surface area contributed by atoms with Gasteiger partial charge in [-0.05, 0) is 63.3 Å². The van der Waals surface area contributed by atoms with E-state index in [-0.39, 0.29) is 24.1 Å². The topological polar surface area (TPSA) is 78.8 Å². The van der Waals surface area contributed by atoms with Crippen molar-refractivity contribution in [1.29, 1.82) is 0 Å². The van der Waals surface area contributed by atoms with Crippen molar-refractivity contribution in [1.82, 2.24) is 9.80 Å². The number of β-amino-alcohol motifs (C(OH)–C–C–N with tert-alkyl or cyclic N) is 1. The predicted molar refractivity (Wildman–Crippen MR) is 134 cm³/mol. The number of allylic oxidation sites excluding steroid dienone is 3. The van der Waals surface area contributed by atoms with Gasteiger partial charge in [0, 0.05) is 67.2 Å². The van der Waals surface area contributed by atoms with Crippen molar-refractivity contribution >= 4 is 11.4 Å². The summed E-state index contributed by atoms with van der Waals surface area (Å²) >= 11 is 0. The second-order valence-electron chi connectivity index (χ2n) is 10.1. The molecule has 1 fully saturated rings. The van der Waals surface area contributed by atoms with E-state index in [0.29, 0.717) is 44.7 Å². The number of rotatable bonds is 4. The van der Waals surface area contributed by atoms with E-state index in [1.54, 1.807) is 6.08 Å². The Morgan fingerprint density at radius 3 is 2.85 bits per heavy atom. The number of likely N-dealkylation sites (tertiary alicyclic amines) is 1. The molecule has 2 heterocycles. The molecule has 0 spiro atoms. The highest BCUT2D eigenvalue weighted by Crippen LogP contribution is 2.38. The number of nitrogens with two attached hydrogens (primary N) is 2. The smallest absolute Gasteiger partial charge is 0.274 e. The Morgan fingerprint density at radius 1 is 1.29 bits per heavy atom. The molecule has 7 heteroatoms. The predicted octanol–water partition coefficient (Wildman–Crippen LogP) is 4.08. The van der Waals surface area contributed by atoms with Gasteiger partial charge in [0.2, 0.25) is 0 Å². The van der Waals surface area contributed by atoms with E-state index in [4.69, 9.17) is 11.5 Å². The summed E-state index contributed by atoms with van der Waals surface area (Å²) in [6.45, 7) is 6.07. The molecule has 3 atom stereocenters. The largest absolute Gasteiger partial charge is 0.398 e. The molecule has 34 heavy (non-hydrogen) atoms. The SMILES string of the molecule is Cc1ccc(N)c(/C(=C\C(C)N2CCC(F)(F)C3=C(CCCC=C3)C2)N2CCC(N)C(O)C2)c1. The summed E-state index contributed by atoms with van der Waals surface area (Å²) in [4.78, 5) is 4.29. The van der Waals surface area contributed by atoms with Crippen LogP contribution in [0.2, 0.25) is 0 Å². The number of aliphatic hydroxyl groups excluding tert-OH is 1. The molecule has 5 N–H and O–H groups in total. The lowest BCUT2D eigenvalue weighted by molar-refractivity contribution is 0.0292. The second kappa shape index (κ2) is 10.2. The molecule has 1 aromatic carbocycles. The third-order valence-corrected chi connectivity index (χ3v) is 7.45. The molecule has 0 bridgehead atoms. The van der Waals surface area contributed by atoms with Gasteiger partial charge in [-0.25, -0.2) is 8.78 Å². The summed E-state index contributed by atoms with van der Waals surface area (Å²) in [6.07, 6.45) is 7.99. The summed E-state index contributed by atoms with van der Waals surface area (Å²) in [6, 6.07) is 5.60. The molecule has 3 unspecified atom stereocenters. The molecule has 0 saturated carbocycles. The Morgan fingerprint density at radius 2 is 2.09 bits per heavy atom. The lowest BCUT2D eigenvalue weighted by Gasteiger charge is -2.38. The summed E-state index contributed by atoms with van der Waals surface area (Å²) in [5, 5.41) is 10.5. The van der Waals surface area contributed by atoms with Crippen LogP contribution in [0.5, 0.6) is 0 Å². The molecule has 2 aliphatic heterocycles. The Balaban J connectivity index is 1.68. The number of hydrogen-bond acceptors (Lipinski definition) is 5. The molecular formula is C27H38F2N4O. The summed E-state index contributed by atoms with van der Waals surface area (Å²) in [7, 11) is 0. The maximum Gasteiger partial charge on any atom is 0.274 e. The molecule has 3 aliphatic rings. The lowest BCUT2D eigenvalue weighted by atomic mass is 9.98. The minimum absolute atomic E-state index is 0.0856. The zero-order valence-corrected chi connectivity index (χ0v) is 20.3. The van der Waals surface area contributed by atoms with Gasteiger partial charge in [-0.15, -0.1) is 0 Å². The standard InChI is InChI=1S/C27H38F2N4O/c1-18-8-9-23(30)21(14-18)25(33-12-10-24(31)26(34)17-33)15-19(2)32-13-11-27(28,29)22-7-5-3-4-6-20(22)16-32/h5,7-9,14-15,19,24,26,34H,3-4,6,10-13,16-17,30-31H2,1-2H3/b25-15+. The molecule has 1 saturated heterocycles. The van der Waals surface area contributed by atoms with Crippen LogP contribution < -0.4 is 11.5 Å². The molecule has 0 aromatic heterocycles. The lowest BCUT2D eigenvalue weighted by Crippen LogP contribution is -2.50. The van der Waals surface area contributed by atoms with E-state index in [1.807, 2.05) is 25.1 Å². The van der Waals surface area contributed by atoms with Crippen molar-refractivity contribution in [2.24, 2.45) is 5.73 Å². The number of anilines is 1. The fourth-order valence-electron chi connectivity index (χ4n) is 5.28. The Bertz CT molecular complexity index is 987. The molecule has 4 rings (SSSR count). The number of hydrogen-bond donors (Lipinski definition) is 3. The summed E-state index contributed by atoms with van der Waals surface area (Å²) < 4.78 is 30.0. The number of benzene rings is 1. The highest BCUT2D eigenvalue weighted by Gasteiger charge is 2.39. The first-order valence-corrected chi connectivity index (χ1v) is 12.4. The van der Waals surface area contributed by atoms with E-state index < -0.39 is 12.0 Å². The van der Waals surface area contributed by atoms with Crippen LogP contribution >= 0.6 is 0 Å². The van der Waals surface area contributed by atoms with Crippen LogP contribution in [-0.2, 0) is 0 Å². The molecular weight excluding hydrogens is 434 g/mol. The third-order valence-electron chi connectivity index (χ3n) is 7.45. The number of aliphatic hydroxyl groups is 1. The van der Waals surface area contributed by atoms with Gasteiger partial charge in [0.05, 0.1) is 6.10 Å². The van der Waals surface area contributed by atoms with Gasteiger partial charge < -0.3 is 21.5 Å². The number of nitrogen functional groups attached to an aromatic ring is 1. The minimum Gasteiger partial charge on any atom is -0.398 e. The molecule has 5 nitrogen and oxygen atoms in total. The van der Waals surface area contributed by atoms with Crippen LogP contribution in [-0.4, -0.2) is 65.2 Å². The van der Waals surface area contributed by atoms with E-state index in [0.717, 1.165) is 35.2 Å². The maximum absolute atomic E-state index is 15.0. The van der Waals surface area contributed by atoms with Crippen LogP contribution in [0.4, 0.5) is 14.5 Å². The monoisotopic (exact) mass is 472 g/mol. The number of piperidine rings is 1. The fraction of sp³-hybridized carbons (Fsp3) is 0.556. The van der Waals surface area contributed by atoms with Crippen LogP contribution in [0.15, 0.2) is 47.6 Å². The molecule has 1 aliphatic carbocycles. The Labute approximate surface area is 201 Å². The highest BCUT2D eigenvalue weighted by atomic mass is 19.3. The average molecular weight is 473 g/mol. The first kappa shape index (κ1) is 24.9. The van der Waals surface area contributed by atoms with Crippen LogP contribution in [0.3, 0.4) is 0 Å². The average Bonchev–Trinajstić information content (AvgIpc) is 3.10. The van der Waals surface area contributed by atoms with Crippen molar-refractivity contribution < 1.29 is 13.9 Å². The first-order valence-electron chi connectivity index (χ1n) is 12.4. The third kappa shape index (κ3) is 5.37. The molecule has 0 amide bonds. The molecule has 1 aromatic rings. The number of halogens is 2. The summed E-state index contributed by atoms with van der Waals surface area (Å²) in [5.74, 6) is -2.80. The fourth-order valence-corrected chi connectivity index (χ4v) is 5.28. The van der Waals surface area contributed by atoms with Crippen LogP contribution in [0, 0.1) is 6.92 Å². The van der Waals surface area contributed by atoms with Gasteiger partial charge >= 0.3 is 0 Å². The number of aryl methyl sites for hydroxylation is 1. The van der Waals surface area contributed by atoms with Crippen LogP contribution in [0.1, 0.15) is 50.2 Å². The van der Waals surface area contributed by atoms with Crippen molar-refractivity contribution in [3.05, 3.63) is 58.7 Å². The molecule has 186 valence electrons. The maximum atomic E-state index is 15.0. The Kier molecular flexibility index (Phi) is 7.45. The van der Waals surface area contributed by atoms with Crippen LogP contribution in [0.25, 0.3) is 5.70 Å². The van der Waals surface area contributed by atoms with Crippen molar-refractivity contribution in [3.63, 3.8) is 0 Å². The molecule has 0 radical (unpaired) electrons. The van der Waals surface area contributed by atoms with Gasteiger partial charge in [-0.2, -0.15) is 0 Å². The van der Waals surface area contributed by atoms with Gasteiger partial charge in [0.25, 0.3) is 5.92 Å².